The number of ether oxygens (including phenoxy) is 1. The molecular weight excluding hydrogens is 186 g/mol. The Labute approximate surface area is 95.1 Å². The SMILES string of the molecule is CCCNCC/C=C(/C)C(C)CCOC. The molecule has 0 fully saturated rings. The van der Waals surface area contributed by atoms with Crippen molar-refractivity contribution in [1.29, 1.82) is 0 Å². The molecule has 0 saturated carbocycles. The summed E-state index contributed by atoms with van der Waals surface area (Å²) in [5.74, 6) is 0.649. The number of nitrogens with one attached hydrogen (secondary N) is 1. The van der Waals surface area contributed by atoms with E-state index in [9.17, 15) is 0 Å². The van der Waals surface area contributed by atoms with E-state index in [4.69, 9.17) is 4.74 Å². The lowest BCUT2D eigenvalue weighted by Crippen LogP contribution is -2.15. The van der Waals surface area contributed by atoms with Gasteiger partial charge >= 0.3 is 0 Å². The van der Waals surface area contributed by atoms with Crippen molar-refractivity contribution in [3.8, 4) is 0 Å². The highest BCUT2D eigenvalue weighted by Crippen LogP contribution is 2.14. The van der Waals surface area contributed by atoms with Crippen LogP contribution in [0.25, 0.3) is 0 Å². The molecule has 2 nitrogen and oxygen atoms in total. The quantitative estimate of drug-likeness (QED) is 0.469. The van der Waals surface area contributed by atoms with E-state index in [1.54, 1.807) is 7.11 Å². The summed E-state index contributed by atoms with van der Waals surface area (Å²) >= 11 is 0. The van der Waals surface area contributed by atoms with Gasteiger partial charge in [0.05, 0.1) is 0 Å². The predicted molar refractivity (Wildman–Crippen MR) is 67.2 cm³/mol. The maximum absolute atomic E-state index is 5.08. The van der Waals surface area contributed by atoms with E-state index in [2.05, 4.69) is 32.2 Å². The fourth-order valence-corrected chi connectivity index (χ4v) is 1.43. The largest absolute Gasteiger partial charge is 0.385 e. The Morgan fingerprint density at radius 1 is 1.40 bits per heavy atom. The molecule has 0 aliphatic rings. The van der Waals surface area contributed by atoms with Gasteiger partial charge < -0.3 is 10.1 Å². The van der Waals surface area contributed by atoms with Crippen LogP contribution in [-0.4, -0.2) is 26.8 Å². The van der Waals surface area contributed by atoms with Gasteiger partial charge in [-0.2, -0.15) is 0 Å². The molecule has 0 aliphatic heterocycles. The molecule has 0 aromatic heterocycles. The lowest BCUT2D eigenvalue weighted by Gasteiger charge is -2.11. The average molecular weight is 213 g/mol. The molecular formula is C13H27NO. The highest BCUT2D eigenvalue weighted by molar-refractivity contribution is 5.02. The third-order valence-electron chi connectivity index (χ3n) is 2.75. The highest BCUT2D eigenvalue weighted by Gasteiger charge is 2.02. The zero-order valence-corrected chi connectivity index (χ0v) is 10.8. The van der Waals surface area contributed by atoms with Gasteiger partial charge in [-0.05, 0) is 45.2 Å². The summed E-state index contributed by atoms with van der Waals surface area (Å²) in [6.45, 7) is 9.78. The molecule has 0 saturated heterocycles. The molecule has 0 spiro atoms. The zero-order valence-electron chi connectivity index (χ0n) is 10.8. The lowest BCUT2D eigenvalue weighted by atomic mass is 9.98. The Bertz CT molecular complexity index is 166. The fraction of sp³-hybridized carbons (Fsp3) is 0.846. The maximum atomic E-state index is 5.08. The van der Waals surface area contributed by atoms with Crippen molar-refractivity contribution in [3.63, 3.8) is 0 Å². The van der Waals surface area contributed by atoms with Gasteiger partial charge in [-0.25, -0.2) is 0 Å². The molecule has 1 atom stereocenters. The molecule has 1 N–H and O–H groups in total. The van der Waals surface area contributed by atoms with E-state index in [1.165, 1.54) is 12.0 Å². The Hall–Kier alpha value is -0.340. The monoisotopic (exact) mass is 213 g/mol. The van der Waals surface area contributed by atoms with Crippen LogP contribution < -0.4 is 5.32 Å². The fourth-order valence-electron chi connectivity index (χ4n) is 1.43. The first-order valence-corrected chi connectivity index (χ1v) is 6.08. The van der Waals surface area contributed by atoms with Crippen LogP contribution in [0.3, 0.4) is 0 Å². The summed E-state index contributed by atoms with van der Waals surface area (Å²) in [5, 5.41) is 3.40. The molecule has 0 heterocycles. The Kier molecular flexibility index (Phi) is 9.96. The van der Waals surface area contributed by atoms with Crippen LogP contribution in [0.5, 0.6) is 0 Å². The van der Waals surface area contributed by atoms with Gasteiger partial charge in [-0.3, -0.25) is 0 Å². The summed E-state index contributed by atoms with van der Waals surface area (Å²) in [7, 11) is 1.76. The van der Waals surface area contributed by atoms with Gasteiger partial charge in [0.1, 0.15) is 0 Å². The van der Waals surface area contributed by atoms with Crippen LogP contribution in [0.15, 0.2) is 11.6 Å². The number of methoxy groups -OCH3 is 1. The smallest absolute Gasteiger partial charge is 0.0467 e. The van der Waals surface area contributed by atoms with Crippen LogP contribution >= 0.6 is 0 Å². The van der Waals surface area contributed by atoms with Gasteiger partial charge in [0.15, 0.2) is 0 Å². The van der Waals surface area contributed by atoms with E-state index >= 15 is 0 Å². The first-order valence-electron chi connectivity index (χ1n) is 6.08. The minimum absolute atomic E-state index is 0.649. The van der Waals surface area contributed by atoms with E-state index in [0.717, 1.165) is 32.5 Å². The molecule has 0 aliphatic carbocycles. The second-order valence-corrected chi connectivity index (χ2v) is 4.17. The van der Waals surface area contributed by atoms with Crippen molar-refractivity contribution in [2.75, 3.05) is 26.8 Å². The van der Waals surface area contributed by atoms with Gasteiger partial charge in [0, 0.05) is 13.7 Å². The summed E-state index contributed by atoms with van der Waals surface area (Å²) in [5.41, 5.74) is 1.49. The minimum atomic E-state index is 0.649. The van der Waals surface area contributed by atoms with Gasteiger partial charge in [0.2, 0.25) is 0 Å². The van der Waals surface area contributed by atoms with Crippen LogP contribution in [0.4, 0.5) is 0 Å². The topological polar surface area (TPSA) is 21.3 Å². The highest BCUT2D eigenvalue weighted by atomic mass is 16.5. The molecule has 90 valence electrons. The van der Waals surface area contributed by atoms with Crippen molar-refractivity contribution in [2.24, 2.45) is 5.92 Å². The Balaban J connectivity index is 3.57. The van der Waals surface area contributed by atoms with Gasteiger partial charge in [-0.1, -0.05) is 25.5 Å². The Morgan fingerprint density at radius 3 is 2.73 bits per heavy atom. The third kappa shape index (κ3) is 8.64. The molecule has 2 heteroatoms. The van der Waals surface area contributed by atoms with Crippen molar-refractivity contribution >= 4 is 0 Å². The van der Waals surface area contributed by atoms with E-state index in [0.29, 0.717) is 5.92 Å². The zero-order chi connectivity index (χ0) is 11.5. The molecule has 0 radical (unpaired) electrons. The number of allylic oxidation sites excluding steroid dienone is 1. The van der Waals surface area contributed by atoms with Crippen LogP contribution in [0.2, 0.25) is 0 Å². The summed E-state index contributed by atoms with van der Waals surface area (Å²) in [6.07, 6.45) is 5.83. The standard InChI is InChI=1S/C13H27NO/c1-5-9-14-10-6-7-12(2)13(3)8-11-15-4/h7,13-14H,5-6,8-11H2,1-4H3/b12-7-. The molecule has 0 rings (SSSR count). The van der Waals surface area contributed by atoms with E-state index < -0.39 is 0 Å². The molecule has 0 amide bonds. The first-order chi connectivity index (χ1) is 7.22. The van der Waals surface area contributed by atoms with Crippen LogP contribution in [0.1, 0.15) is 40.0 Å². The number of rotatable bonds is 9. The molecule has 1 unspecified atom stereocenters. The summed E-state index contributed by atoms with van der Waals surface area (Å²) in [4.78, 5) is 0. The lowest BCUT2D eigenvalue weighted by molar-refractivity contribution is 0.185. The molecule has 15 heavy (non-hydrogen) atoms. The van der Waals surface area contributed by atoms with Crippen LogP contribution in [-0.2, 0) is 4.74 Å². The van der Waals surface area contributed by atoms with Crippen molar-refractivity contribution in [2.45, 2.75) is 40.0 Å². The normalized spacial score (nSPS) is 14.3. The predicted octanol–water partition coefficient (Wildman–Crippen LogP) is 3.00. The van der Waals surface area contributed by atoms with E-state index in [1.807, 2.05) is 0 Å². The third-order valence-corrected chi connectivity index (χ3v) is 2.75. The second-order valence-electron chi connectivity index (χ2n) is 4.17. The number of hydrogen-bond donors (Lipinski definition) is 1. The van der Waals surface area contributed by atoms with Crippen molar-refractivity contribution in [3.05, 3.63) is 11.6 Å². The van der Waals surface area contributed by atoms with E-state index in [-0.39, 0.29) is 0 Å². The minimum Gasteiger partial charge on any atom is -0.385 e. The van der Waals surface area contributed by atoms with Gasteiger partial charge in [0.25, 0.3) is 0 Å². The van der Waals surface area contributed by atoms with Gasteiger partial charge in [-0.15, -0.1) is 0 Å². The second kappa shape index (κ2) is 10.2. The molecule has 0 aromatic rings. The summed E-state index contributed by atoms with van der Waals surface area (Å²) in [6, 6.07) is 0. The summed E-state index contributed by atoms with van der Waals surface area (Å²) < 4.78 is 5.08. The average Bonchev–Trinajstić information content (AvgIpc) is 2.25. The van der Waals surface area contributed by atoms with Crippen LogP contribution in [0, 0.1) is 5.92 Å². The Morgan fingerprint density at radius 2 is 2.13 bits per heavy atom. The molecule has 0 aromatic carbocycles. The molecule has 0 bridgehead atoms. The number of hydrogen-bond acceptors (Lipinski definition) is 2. The van der Waals surface area contributed by atoms with Crippen molar-refractivity contribution in [1.82, 2.24) is 5.32 Å². The first kappa shape index (κ1) is 14.7. The maximum Gasteiger partial charge on any atom is 0.0467 e. The van der Waals surface area contributed by atoms with Crippen molar-refractivity contribution < 1.29 is 4.74 Å².